The van der Waals surface area contributed by atoms with Gasteiger partial charge in [-0.1, -0.05) is 6.07 Å². The number of hydrogen-bond acceptors (Lipinski definition) is 5. The van der Waals surface area contributed by atoms with Crippen LogP contribution in [0.25, 0.3) is 0 Å². The van der Waals surface area contributed by atoms with E-state index in [0.717, 1.165) is 12.8 Å². The molecule has 1 aromatic rings. The molecule has 2 aliphatic heterocycles. The Balaban J connectivity index is 0.00000300. The van der Waals surface area contributed by atoms with Crippen LogP contribution in [0.2, 0.25) is 0 Å². The monoisotopic (exact) mass is 535 g/mol. The van der Waals surface area contributed by atoms with Crippen molar-refractivity contribution in [3.63, 3.8) is 0 Å². The normalized spacial score (nSPS) is 19.7. The molecule has 1 N–H and O–H groups in total. The van der Waals surface area contributed by atoms with Gasteiger partial charge in [0.05, 0.1) is 6.54 Å². The molecule has 0 aromatic carbocycles. The summed E-state index contributed by atoms with van der Waals surface area (Å²) in [6.45, 7) is 4.10. The van der Waals surface area contributed by atoms with Crippen LogP contribution >= 0.6 is 35.3 Å². The van der Waals surface area contributed by atoms with Gasteiger partial charge in [0.2, 0.25) is 5.91 Å². The summed E-state index contributed by atoms with van der Waals surface area (Å²) >= 11 is 1.68. The van der Waals surface area contributed by atoms with E-state index in [9.17, 15) is 9.59 Å². The van der Waals surface area contributed by atoms with Gasteiger partial charge in [0.25, 0.3) is 5.91 Å². The Morgan fingerprint density at radius 3 is 2.59 bits per heavy atom. The number of carbonyl (C=O) groups is 2. The number of nitrogens with one attached hydrogen (secondary N) is 1. The number of likely N-dealkylation sites (N-methyl/N-ethyl adjacent to an activating group) is 1. The number of halogens is 1. The van der Waals surface area contributed by atoms with E-state index in [0.29, 0.717) is 45.3 Å². The first-order valence-electron chi connectivity index (χ1n) is 9.71. The lowest BCUT2D eigenvalue weighted by Gasteiger charge is -2.37. The van der Waals surface area contributed by atoms with E-state index < -0.39 is 0 Å². The van der Waals surface area contributed by atoms with Gasteiger partial charge in [-0.05, 0) is 24.3 Å². The second-order valence-corrected chi connectivity index (χ2v) is 8.21. The highest BCUT2D eigenvalue weighted by molar-refractivity contribution is 14.0. The van der Waals surface area contributed by atoms with E-state index in [2.05, 4.69) is 21.3 Å². The SMILES string of the molecule is CN(C)C(=O)CN=C(NCc1cccs1)N1CCN(C(=O)C2CCCO2)CC1.I. The predicted octanol–water partition coefficient (Wildman–Crippen LogP) is 1.22. The summed E-state index contributed by atoms with van der Waals surface area (Å²) in [4.78, 5) is 35.8. The van der Waals surface area contributed by atoms with E-state index in [-0.39, 0.29) is 48.4 Å². The minimum Gasteiger partial charge on any atom is -0.368 e. The van der Waals surface area contributed by atoms with Gasteiger partial charge in [0.15, 0.2) is 5.96 Å². The lowest BCUT2D eigenvalue weighted by atomic mass is 10.2. The lowest BCUT2D eigenvalue weighted by molar-refractivity contribution is -0.142. The number of amides is 2. The standard InChI is InChI=1S/C19H29N5O3S.HI/c1-22(2)17(25)14-21-19(20-13-15-5-4-12-28-15)24-9-7-23(8-10-24)18(26)16-6-3-11-27-16;/h4-5,12,16H,3,6-11,13-14H2,1-2H3,(H,20,21);1H. The van der Waals surface area contributed by atoms with Crippen LogP contribution in [0.4, 0.5) is 0 Å². The van der Waals surface area contributed by atoms with Crippen LogP contribution in [-0.4, -0.2) is 92.0 Å². The Hall–Kier alpha value is -1.40. The van der Waals surface area contributed by atoms with E-state index in [1.807, 2.05) is 16.3 Å². The van der Waals surface area contributed by atoms with Crippen molar-refractivity contribution in [2.75, 3.05) is 53.4 Å². The fourth-order valence-corrected chi connectivity index (χ4v) is 3.89. The highest BCUT2D eigenvalue weighted by atomic mass is 127. The molecule has 2 amide bonds. The van der Waals surface area contributed by atoms with Crippen LogP contribution in [0.1, 0.15) is 17.7 Å². The molecule has 1 unspecified atom stereocenters. The number of carbonyl (C=O) groups excluding carboxylic acids is 2. The summed E-state index contributed by atoms with van der Waals surface area (Å²) in [6.07, 6.45) is 1.51. The average Bonchev–Trinajstić information content (AvgIpc) is 3.41. The lowest BCUT2D eigenvalue weighted by Crippen LogP contribution is -2.55. The first kappa shape index (κ1) is 23.9. The third-order valence-electron chi connectivity index (χ3n) is 4.96. The first-order chi connectivity index (χ1) is 13.5. The molecule has 0 radical (unpaired) electrons. The molecule has 1 atom stereocenters. The van der Waals surface area contributed by atoms with Gasteiger partial charge in [-0.2, -0.15) is 0 Å². The minimum atomic E-state index is -0.269. The number of nitrogens with zero attached hydrogens (tertiary/aromatic N) is 4. The summed E-state index contributed by atoms with van der Waals surface area (Å²) in [5.41, 5.74) is 0. The second kappa shape index (κ2) is 11.7. The molecule has 162 valence electrons. The van der Waals surface area contributed by atoms with Crippen LogP contribution in [0.3, 0.4) is 0 Å². The number of piperazine rings is 1. The zero-order chi connectivity index (χ0) is 19.9. The van der Waals surface area contributed by atoms with Crippen LogP contribution in [0.15, 0.2) is 22.5 Å². The van der Waals surface area contributed by atoms with Crippen LogP contribution in [0, 0.1) is 0 Å². The summed E-state index contributed by atoms with van der Waals surface area (Å²) in [5, 5.41) is 5.41. The Kier molecular flexibility index (Phi) is 9.63. The second-order valence-electron chi connectivity index (χ2n) is 7.17. The average molecular weight is 535 g/mol. The quantitative estimate of drug-likeness (QED) is 0.349. The molecule has 2 fully saturated rings. The van der Waals surface area contributed by atoms with Crippen molar-refractivity contribution in [3.8, 4) is 0 Å². The molecule has 29 heavy (non-hydrogen) atoms. The van der Waals surface area contributed by atoms with Gasteiger partial charge >= 0.3 is 0 Å². The number of thiophene rings is 1. The van der Waals surface area contributed by atoms with Crippen molar-refractivity contribution >= 4 is 53.1 Å². The minimum absolute atomic E-state index is 0. The topological polar surface area (TPSA) is 77.5 Å². The molecule has 2 saturated heterocycles. The summed E-state index contributed by atoms with van der Waals surface area (Å²) in [7, 11) is 3.46. The fourth-order valence-electron chi connectivity index (χ4n) is 3.25. The molecular weight excluding hydrogens is 505 g/mol. The number of hydrogen-bond donors (Lipinski definition) is 1. The van der Waals surface area contributed by atoms with Crippen LogP contribution in [-0.2, 0) is 20.9 Å². The van der Waals surface area contributed by atoms with Gasteiger partial charge in [0.1, 0.15) is 12.6 Å². The maximum atomic E-state index is 12.5. The van der Waals surface area contributed by atoms with Gasteiger partial charge in [-0.3, -0.25) is 9.59 Å². The molecule has 0 spiro atoms. The van der Waals surface area contributed by atoms with Gasteiger partial charge in [-0.25, -0.2) is 4.99 Å². The van der Waals surface area contributed by atoms with E-state index in [1.54, 1.807) is 30.3 Å². The molecule has 0 aliphatic carbocycles. The van der Waals surface area contributed by atoms with E-state index in [4.69, 9.17) is 4.74 Å². The maximum absolute atomic E-state index is 12.5. The van der Waals surface area contributed by atoms with Crippen molar-refractivity contribution in [1.82, 2.24) is 20.0 Å². The van der Waals surface area contributed by atoms with E-state index >= 15 is 0 Å². The molecule has 10 heteroatoms. The van der Waals surface area contributed by atoms with E-state index in [1.165, 1.54) is 4.88 Å². The van der Waals surface area contributed by atoms with Crippen LogP contribution in [0.5, 0.6) is 0 Å². The van der Waals surface area contributed by atoms with Gasteiger partial charge in [-0.15, -0.1) is 35.3 Å². The molecule has 0 bridgehead atoms. The first-order valence-corrected chi connectivity index (χ1v) is 10.6. The van der Waals surface area contributed by atoms with Crippen molar-refractivity contribution in [1.29, 1.82) is 0 Å². The number of guanidine groups is 1. The van der Waals surface area contributed by atoms with Gasteiger partial charge < -0.3 is 24.8 Å². The largest absolute Gasteiger partial charge is 0.368 e. The number of rotatable bonds is 5. The molecule has 0 saturated carbocycles. The molecular formula is C19H30IN5O3S. The Morgan fingerprint density at radius 1 is 1.28 bits per heavy atom. The highest BCUT2D eigenvalue weighted by Gasteiger charge is 2.31. The van der Waals surface area contributed by atoms with Crippen molar-refractivity contribution in [2.45, 2.75) is 25.5 Å². The number of aliphatic imine (C=N–C) groups is 1. The molecule has 2 aliphatic rings. The predicted molar refractivity (Wildman–Crippen MR) is 125 cm³/mol. The molecule has 3 rings (SSSR count). The Bertz CT molecular complexity index is 684. The van der Waals surface area contributed by atoms with Crippen molar-refractivity contribution in [3.05, 3.63) is 22.4 Å². The van der Waals surface area contributed by atoms with Crippen LogP contribution < -0.4 is 5.32 Å². The summed E-state index contributed by atoms with van der Waals surface area (Å²) in [5.74, 6) is 0.778. The summed E-state index contributed by atoms with van der Waals surface area (Å²) < 4.78 is 5.53. The third-order valence-corrected chi connectivity index (χ3v) is 5.84. The smallest absolute Gasteiger partial charge is 0.251 e. The molecule has 1 aromatic heterocycles. The maximum Gasteiger partial charge on any atom is 0.251 e. The van der Waals surface area contributed by atoms with Crippen molar-refractivity contribution < 1.29 is 14.3 Å². The zero-order valence-electron chi connectivity index (χ0n) is 17.0. The molecule has 3 heterocycles. The van der Waals surface area contributed by atoms with Gasteiger partial charge in [0, 0.05) is 51.8 Å². The Morgan fingerprint density at radius 2 is 2.00 bits per heavy atom. The van der Waals surface area contributed by atoms with Crippen molar-refractivity contribution in [2.24, 2.45) is 4.99 Å². The fraction of sp³-hybridized carbons (Fsp3) is 0.632. The zero-order valence-corrected chi connectivity index (χ0v) is 20.2. The Labute approximate surface area is 193 Å². The highest BCUT2D eigenvalue weighted by Crippen LogP contribution is 2.16. The third kappa shape index (κ3) is 6.82. The molecule has 8 nitrogen and oxygen atoms in total. The summed E-state index contributed by atoms with van der Waals surface area (Å²) in [6, 6.07) is 4.09. The number of ether oxygens (including phenoxy) is 1.